The lowest BCUT2D eigenvalue weighted by molar-refractivity contribution is 0.0881. The Kier molecular flexibility index (Phi) is 6.75. The predicted octanol–water partition coefficient (Wildman–Crippen LogP) is -3.57. The van der Waals surface area contributed by atoms with Crippen molar-refractivity contribution in [3.8, 4) is 0 Å². The molecule has 0 spiro atoms. The van der Waals surface area contributed by atoms with Crippen LogP contribution in [0.5, 0.6) is 0 Å². The highest BCUT2D eigenvalue weighted by molar-refractivity contribution is 6.48. The smallest absolute Gasteiger partial charge is 0.511 e. The fraction of sp³-hybridized carbons (Fsp3) is 1.00. The molecule has 0 radical (unpaired) electrons. The van der Waals surface area contributed by atoms with Gasteiger partial charge in [0.15, 0.2) is 0 Å². The van der Waals surface area contributed by atoms with E-state index in [0.29, 0.717) is 0 Å². The predicted molar refractivity (Wildman–Crippen MR) is 30.3 cm³/mol. The first kappa shape index (κ1) is 12.4. The van der Waals surface area contributed by atoms with Crippen LogP contribution in [0.2, 0.25) is 0 Å². The second kappa shape index (κ2) is 5.46. The van der Waals surface area contributed by atoms with Crippen LogP contribution in [0.4, 0.5) is 0 Å². The van der Waals surface area contributed by atoms with Crippen LogP contribution >= 0.6 is 0 Å². The van der Waals surface area contributed by atoms with Gasteiger partial charge in [0.05, 0.1) is 0 Å². The van der Waals surface area contributed by atoms with Crippen molar-refractivity contribution in [3.63, 3.8) is 0 Å². The molecule has 10 heavy (non-hydrogen) atoms. The summed E-state index contributed by atoms with van der Waals surface area (Å²) in [6, 6.07) is 0. The molecule has 0 aromatic carbocycles. The molecule has 0 rings (SSSR count). The molecule has 0 unspecified atom stereocenters. The van der Waals surface area contributed by atoms with Crippen molar-refractivity contribution in [2.45, 2.75) is 0 Å². The van der Waals surface area contributed by atoms with Crippen LogP contribution in [0, 0.1) is 0 Å². The largest absolute Gasteiger partial charge is 0.761 e. The summed E-state index contributed by atoms with van der Waals surface area (Å²) in [5.41, 5.74) is 0. The molecule has 0 saturated carbocycles. The highest BCUT2D eigenvalue weighted by atomic mass is 28.4. The zero-order valence-corrected chi connectivity index (χ0v) is 7.05. The number of hydrogen-bond acceptors (Lipinski definition) is 5. The average molecular weight is 188 g/mol. The molecule has 0 amide bonds. The Balaban J connectivity index is 0. The van der Waals surface area contributed by atoms with Crippen molar-refractivity contribution >= 4 is 18.2 Å². The standard InChI is InChI=1S/CH6O4Si.H2O3Si/c1-5-6(2,3)4;1-4(2)3/h2-4H,1H3;1-2H. The van der Waals surface area contributed by atoms with E-state index in [-0.39, 0.29) is 0 Å². The van der Waals surface area contributed by atoms with Crippen molar-refractivity contribution < 1.29 is 32.9 Å². The Morgan fingerprint density at radius 2 is 1.40 bits per heavy atom. The van der Waals surface area contributed by atoms with E-state index in [2.05, 4.69) is 4.43 Å². The normalized spacial score (nSPS) is 9.60. The Bertz CT molecular complexity index is 90.3. The molecule has 0 atom stereocenters. The average Bonchev–Trinajstić information content (AvgIpc) is 1.63. The highest BCUT2D eigenvalue weighted by Gasteiger charge is 2.27. The molecule has 0 aromatic heterocycles. The highest BCUT2D eigenvalue weighted by Crippen LogP contribution is 1.80. The fourth-order valence-corrected chi connectivity index (χ4v) is 0. The van der Waals surface area contributed by atoms with Gasteiger partial charge in [-0.3, -0.25) is 4.46 Å². The Labute approximate surface area is 59.2 Å². The maximum atomic E-state index is 8.74. The van der Waals surface area contributed by atoms with E-state index in [1.807, 2.05) is 0 Å². The van der Waals surface area contributed by atoms with Crippen LogP contribution in [-0.2, 0) is 8.89 Å². The van der Waals surface area contributed by atoms with Crippen LogP contribution in [-0.4, -0.2) is 49.3 Å². The number of rotatable bonds is 1. The quantitative estimate of drug-likeness (QED) is 0.269. The van der Waals surface area contributed by atoms with E-state index in [1.165, 1.54) is 0 Å². The van der Waals surface area contributed by atoms with Crippen LogP contribution in [0.3, 0.4) is 0 Å². The first-order valence-corrected chi connectivity index (χ1v) is 4.99. The summed E-state index contributed by atoms with van der Waals surface area (Å²) >= 11 is 0. The molecule has 0 heterocycles. The van der Waals surface area contributed by atoms with Crippen molar-refractivity contribution in [1.29, 1.82) is 0 Å². The van der Waals surface area contributed by atoms with E-state index < -0.39 is 18.2 Å². The Morgan fingerprint density at radius 1 is 1.30 bits per heavy atom. The molecule has 0 bridgehead atoms. The molecule has 0 saturated heterocycles. The second-order valence-electron chi connectivity index (χ2n) is 1.06. The van der Waals surface area contributed by atoms with Crippen LogP contribution in [0.15, 0.2) is 0 Å². The van der Waals surface area contributed by atoms with Gasteiger partial charge in [-0.05, 0) is 0 Å². The molecule has 0 aliphatic carbocycles. The zero-order valence-electron chi connectivity index (χ0n) is 5.05. The summed E-state index contributed by atoms with van der Waals surface area (Å²) in [6.45, 7) is 0. The summed E-state index contributed by atoms with van der Waals surface area (Å²) in [6.07, 6.45) is 0. The summed E-state index contributed by atoms with van der Waals surface area (Å²) in [4.78, 5) is 37.9. The third kappa shape index (κ3) is 47.8. The summed E-state index contributed by atoms with van der Waals surface area (Å²) in [5.74, 6) is 0. The monoisotopic (exact) mass is 188 g/mol. The van der Waals surface area contributed by atoms with Gasteiger partial charge < -0.3 is 28.4 Å². The van der Waals surface area contributed by atoms with E-state index in [4.69, 9.17) is 28.4 Å². The Hall–Kier alpha value is -0.326. The topological polar surface area (TPSA) is 127 Å². The molecule has 9 heteroatoms. The van der Waals surface area contributed by atoms with Gasteiger partial charge in [0, 0.05) is 7.11 Å². The number of hydrogen-bond donors (Lipinski definition) is 5. The lowest BCUT2D eigenvalue weighted by Crippen LogP contribution is -2.37. The second-order valence-corrected chi connectivity index (χ2v) is 3.18. The first-order chi connectivity index (χ1) is 4.29. The summed E-state index contributed by atoms with van der Waals surface area (Å²) in [5, 5.41) is 0. The maximum absolute atomic E-state index is 8.74. The van der Waals surface area contributed by atoms with Gasteiger partial charge in [0.1, 0.15) is 0 Å². The molecule has 0 aromatic rings. The van der Waals surface area contributed by atoms with Gasteiger partial charge >= 0.3 is 18.2 Å². The Morgan fingerprint density at radius 3 is 1.40 bits per heavy atom. The summed E-state index contributed by atoms with van der Waals surface area (Å²) in [7, 11) is -6.24. The fourth-order valence-electron chi connectivity index (χ4n) is 0. The maximum Gasteiger partial charge on any atom is 0.761 e. The minimum Gasteiger partial charge on any atom is -0.511 e. The van der Waals surface area contributed by atoms with Crippen LogP contribution in [0.25, 0.3) is 0 Å². The van der Waals surface area contributed by atoms with Crippen molar-refractivity contribution in [1.82, 2.24) is 0 Å². The minimum atomic E-state index is -4.13. The lowest BCUT2D eigenvalue weighted by Gasteiger charge is -2.01. The van der Waals surface area contributed by atoms with E-state index >= 15 is 0 Å². The van der Waals surface area contributed by atoms with Crippen LogP contribution in [0.1, 0.15) is 0 Å². The van der Waals surface area contributed by atoms with Gasteiger partial charge in [0.25, 0.3) is 0 Å². The molecular weight excluding hydrogens is 180 g/mol. The first-order valence-electron chi connectivity index (χ1n) is 1.93. The molecule has 0 aliphatic heterocycles. The molecular formula is CH8O7Si2. The van der Waals surface area contributed by atoms with E-state index in [1.54, 1.807) is 0 Å². The molecule has 7 nitrogen and oxygen atoms in total. The van der Waals surface area contributed by atoms with Crippen molar-refractivity contribution in [3.05, 3.63) is 0 Å². The van der Waals surface area contributed by atoms with Gasteiger partial charge in [0.2, 0.25) is 0 Å². The van der Waals surface area contributed by atoms with Crippen molar-refractivity contribution in [2.75, 3.05) is 7.11 Å². The SMILES string of the molecule is CO[Si](O)(O)O.O=[Si](O)O. The van der Waals surface area contributed by atoms with E-state index in [9.17, 15) is 0 Å². The van der Waals surface area contributed by atoms with Gasteiger partial charge in [-0.25, -0.2) is 0 Å². The minimum absolute atomic E-state index is 1.02. The molecule has 62 valence electrons. The lowest BCUT2D eigenvalue weighted by atomic mass is 11.8. The third-order valence-corrected chi connectivity index (χ3v) is 0.822. The molecule has 5 N–H and O–H groups in total. The third-order valence-electron chi connectivity index (χ3n) is 0.274. The van der Waals surface area contributed by atoms with E-state index in [0.717, 1.165) is 7.11 Å². The summed E-state index contributed by atoms with van der Waals surface area (Å²) < 4.78 is 12.5. The van der Waals surface area contributed by atoms with Crippen molar-refractivity contribution in [2.24, 2.45) is 0 Å². The van der Waals surface area contributed by atoms with Gasteiger partial charge in [-0.15, -0.1) is 0 Å². The van der Waals surface area contributed by atoms with Gasteiger partial charge in [-0.1, -0.05) is 0 Å². The van der Waals surface area contributed by atoms with Crippen LogP contribution < -0.4 is 0 Å². The van der Waals surface area contributed by atoms with Gasteiger partial charge in [-0.2, -0.15) is 0 Å². The zero-order chi connectivity index (χ0) is 8.78. The molecule has 0 aliphatic rings. The molecule has 0 fully saturated rings.